The lowest BCUT2D eigenvalue weighted by Gasteiger charge is -2.32. The first-order valence-corrected chi connectivity index (χ1v) is 10.3. The quantitative estimate of drug-likeness (QED) is 0.818. The van der Waals surface area contributed by atoms with Crippen molar-refractivity contribution in [3.63, 3.8) is 0 Å². The van der Waals surface area contributed by atoms with Gasteiger partial charge in [0.15, 0.2) is 0 Å². The van der Waals surface area contributed by atoms with Crippen LogP contribution < -0.4 is 10.2 Å². The van der Waals surface area contributed by atoms with Crippen molar-refractivity contribution in [1.29, 1.82) is 0 Å². The summed E-state index contributed by atoms with van der Waals surface area (Å²) >= 11 is 0. The van der Waals surface area contributed by atoms with Gasteiger partial charge in [0.1, 0.15) is 0 Å². The number of benzene rings is 2. The van der Waals surface area contributed by atoms with Gasteiger partial charge in [-0.05, 0) is 56.0 Å². The second kappa shape index (κ2) is 9.59. The fourth-order valence-electron chi connectivity index (χ4n) is 3.62. The molecule has 29 heavy (non-hydrogen) atoms. The maximum Gasteiger partial charge on any atom is 0.253 e. The lowest BCUT2D eigenvalue weighted by Crippen LogP contribution is -2.46. The molecule has 0 atom stereocenters. The number of amides is 2. The van der Waals surface area contributed by atoms with Gasteiger partial charge in [0.2, 0.25) is 5.91 Å². The van der Waals surface area contributed by atoms with E-state index in [1.807, 2.05) is 48.2 Å². The number of likely N-dealkylation sites (tertiary alicyclic amines) is 1. The number of hydrogen-bond acceptors (Lipinski definition) is 3. The molecule has 2 aromatic carbocycles. The van der Waals surface area contributed by atoms with Gasteiger partial charge in [-0.2, -0.15) is 0 Å². The minimum absolute atomic E-state index is 0.0689. The van der Waals surface area contributed by atoms with Crippen LogP contribution >= 0.6 is 0 Å². The number of rotatable bonds is 6. The molecule has 1 heterocycles. The Labute approximate surface area is 173 Å². The Bertz CT molecular complexity index is 820. The number of nitrogens with zero attached hydrogens (tertiary/aromatic N) is 2. The Balaban J connectivity index is 1.43. The average Bonchev–Trinajstić information content (AvgIpc) is 2.73. The van der Waals surface area contributed by atoms with E-state index in [-0.39, 0.29) is 17.9 Å². The number of carbonyl (C=O) groups excluding carboxylic acids is 2. The van der Waals surface area contributed by atoms with Crippen molar-refractivity contribution >= 4 is 17.5 Å². The normalized spacial score (nSPS) is 14.5. The van der Waals surface area contributed by atoms with Gasteiger partial charge >= 0.3 is 0 Å². The van der Waals surface area contributed by atoms with E-state index in [1.165, 1.54) is 11.1 Å². The van der Waals surface area contributed by atoms with E-state index in [1.54, 1.807) is 0 Å². The third-order valence-corrected chi connectivity index (χ3v) is 5.54. The van der Waals surface area contributed by atoms with Gasteiger partial charge < -0.3 is 15.1 Å². The number of nitrogens with one attached hydrogen (secondary N) is 1. The van der Waals surface area contributed by atoms with Gasteiger partial charge in [0.05, 0.1) is 0 Å². The number of carbonyl (C=O) groups is 2. The standard InChI is InChI=1S/C24H31N3O2/c1-18-4-6-19(7-5-18)8-13-23(28)25-21-14-16-27(17-15-21)24(29)20-9-11-22(12-10-20)26(2)3/h4-7,9-12,21H,8,13-17H2,1-3H3,(H,25,28). The summed E-state index contributed by atoms with van der Waals surface area (Å²) in [6, 6.07) is 16.2. The third kappa shape index (κ3) is 5.83. The molecule has 0 aromatic heterocycles. The van der Waals surface area contributed by atoms with Crippen LogP contribution in [0.2, 0.25) is 0 Å². The monoisotopic (exact) mass is 393 g/mol. The summed E-state index contributed by atoms with van der Waals surface area (Å²) < 4.78 is 0. The molecule has 1 aliphatic rings. The first-order chi connectivity index (χ1) is 13.9. The third-order valence-electron chi connectivity index (χ3n) is 5.54. The van der Waals surface area contributed by atoms with E-state index < -0.39 is 0 Å². The highest BCUT2D eigenvalue weighted by molar-refractivity contribution is 5.94. The second-order valence-electron chi connectivity index (χ2n) is 8.06. The van der Waals surface area contributed by atoms with Crippen LogP contribution in [0.5, 0.6) is 0 Å². The van der Waals surface area contributed by atoms with Crippen molar-refractivity contribution in [1.82, 2.24) is 10.2 Å². The zero-order valence-corrected chi connectivity index (χ0v) is 17.6. The van der Waals surface area contributed by atoms with Crippen molar-refractivity contribution < 1.29 is 9.59 Å². The Morgan fingerprint density at radius 2 is 1.62 bits per heavy atom. The predicted molar refractivity (Wildman–Crippen MR) is 117 cm³/mol. The number of aryl methyl sites for hydroxylation is 2. The van der Waals surface area contributed by atoms with E-state index in [9.17, 15) is 9.59 Å². The van der Waals surface area contributed by atoms with Crippen molar-refractivity contribution in [2.75, 3.05) is 32.1 Å². The van der Waals surface area contributed by atoms with Crippen LogP contribution in [0.3, 0.4) is 0 Å². The van der Waals surface area contributed by atoms with Gasteiger partial charge in [-0.15, -0.1) is 0 Å². The van der Waals surface area contributed by atoms with E-state index in [0.717, 1.165) is 30.5 Å². The molecule has 0 radical (unpaired) electrons. The number of anilines is 1. The fraction of sp³-hybridized carbons (Fsp3) is 0.417. The van der Waals surface area contributed by atoms with Crippen molar-refractivity contribution in [3.05, 3.63) is 65.2 Å². The molecule has 0 saturated carbocycles. The summed E-state index contributed by atoms with van der Waals surface area (Å²) in [7, 11) is 3.97. The molecule has 0 aliphatic carbocycles. The van der Waals surface area contributed by atoms with Crippen LogP contribution in [0.4, 0.5) is 5.69 Å². The minimum Gasteiger partial charge on any atom is -0.378 e. The largest absolute Gasteiger partial charge is 0.378 e. The van der Waals surface area contributed by atoms with Crippen LogP contribution in [0.15, 0.2) is 48.5 Å². The molecule has 5 nitrogen and oxygen atoms in total. The fourth-order valence-corrected chi connectivity index (χ4v) is 3.62. The first kappa shape index (κ1) is 20.9. The first-order valence-electron chi connectivity index (χ1n) is 10.3. The zero-order valence-electron chi connectivity index (χ0n) is 17.6. The Kier molecular flexibility index (Phi) is 6.91. The van der Waals surface area contributed by atoms with E-state index in [2.05, 4.69) is 36.5 Å². The molecule has 1 fully saturated rings. The maximum absolute atomic E-state index is 12.7. The van der Waals surface area contributed by atoms with E-state index >= 15 is 0 Å². The highest BCUT2D eigenvalue weighted by Gasteiger charge is 2.24. The molecule has 1 saturated heterocycles. The van der Waals surface area contributed by atoms with Crippen LogP contribution in [0.1, 0.15) is 40.7 Å². The SMILES string of the molecule is Cc1ccc(CCC(=O)NC2CCN(C(=O)c3ccc(N(C)C)cc3)CC2)cc1. The summed E-state index contributed by atoms with van der Waals surface area (Å²) in [4.78, 5) is 28.9. The molecular weight excluding hydrogens is 362 g/mol. The van der Waals surface area contributed by atoms with Gasteiger partial charge in [0, 0.05) is 50.9 Å². The van der Waals surface area contributed by atoms with Gasteiger partial charge in [-0.1, -0.05) is 29.8 Å². The summed E-state index contributed by atoms with van der Waals surface area (Å²) in [5.74, 6) is 0.161. The van der Waals surface area contributed by atoms with Crippen LogP contribution in [-0.4, -0.2) is 49.9 Å². The number of piperidine rings is 1. The van der Waals surface area contributed by atoms with Crippen LogP contribution in [0, 0.1) is 6.92 Å². The molecule has 0 spiro atoms. The Hall–Kier alpha value is -2.82. The Morgan fingerprint density at radius 3 is 2.21 bits per heavy atom. The molecular formula is C24H31N3O2. The highest BCUT2D eigenvalue weighted by Crippen LogP contribution is 2.17. The average molecular weight is 394 g/mol. The van der Waals surface area contributed by atoms with Crippen molar-refractivity contribution in [3.8, 4) is 0 Å². The predicted octanol–water partition coefficient (Wildman–Crippen LogP) is 3.41. The van der Waals surface area contributed by atoms with E-state index in [4.69, 9.17) is 0 Å². The van der Waals surface area contributed by atoms with Gasteiger partial charge in [-0.25, -0.2) is 0 Å². The summed E-state index contributed by atoms with van der Waals surface area (Å²) in [5.41, 5.74) is 4.21. The summed E-state index contributed by atoms with van der Waals surface area (Å²) in [5, 5.41) is 3.14. The summed E-state index contributed by atoms with van der Waals surface area (Å²) in [6.07, 6.45) is 2.86. The molecule has 0 unspecified atom stereocenters. The molecule has 5 heteroatoms. The molecule has 2 aromatic rings. The summed E-state index contributed by atoms with van der Waals surface area (Å²) in [6.45, 7) is 3.42. The number of hydrogen-bond donors (Lipinski definition) is 1. The van der Waals surface area contributed by atoms with E-state index in [0.29, 0.717) is 19.5 Å². The molecule has 0 bridgehead atoms. The lowest BCUT2D eigenvalue weighted by atomic mass is 10.0. The molecule has 3 rings (SSSR count). The minimum atomic E-state index is 0.0689. The molecule has 154 valence electrons. The van der Waals surface area contributed by atoms with Gasteiger partial charge in [0.25, 0.3) is 5.91 Å². The zero-order chi connectivity index (χ0) is 20.8. The smallest absolute Gasteiger partial charge is 0.253 e. The molecule has 1 N–H and O–H groups in total. The molecule has 2 amide bonds. The highest BCUT2D eigenvalue weighted by atomic mass is 16.2. The van der Waals surface area contributed by atoms with Crippen LogP contribution in [-0.2, 0) is 11.2 Å². The second-order valence-corrected chi connectivity index (χ2v) is 8.06. The van der Waals surface area contributed by atoms with Gasteiger partial charge in [-0.3, -0.25) is 9.59 Å². The lowest BCUT2D eigenvalue weighted by molar-refractivity contribution is -0.122. The van der Waals surface area contributed by atoms with Crippen molar-refractivity contribution in [2.24, 2.45) is 0 Å². The molecule has 1 aliphatic heterocycles. The Morgan fingerprint density at radius 1 is 1.00 bits per heavy atom. The topological polar surface area (TPSA) is 52.7 Å². The van der Waals surface area contributed by atoms with Crippen LogP contribution in [0.25, 0.3) is 0 Å². The van der Waals surface area contributed by atoms with Crippen molar-refractivity contribution in [2.45, 2.75) is 38.6 Å². The maximum atomic E-state index is 12.7.